The predicted octanol–water partition coefficient (Wildman–Crippen LogP) is 3.85. The fourth-order valence-electron chi connectivity index (χ4n) is 2.17. The lowest BCUT2D eigenvalue weighted by Crippen LogP contribution is -2.36. The van der Waals surface area contributed by atoms with Crippen LogP contribution in [0.2, 0.25) is 0 Å². The van der Waals surface area contributed by atoms with Crippen LogP contribution in [-0.2, 0) is 11.3 Å². The van der Waals surface area contributed by atoms with Crippen LogP contribution in [0.5, 0.6) is 0 Å². The van der Waals surface area contributed by atoms with Gasteiger partial charge < -0.3 is 5.11 Å². The molecule has 0 fully saturated rings. The average Bonchev–Trinajstić information content (AvgIpc) is 2.96. The van der Waals surface area contributed by atoms with Gasteiger partial charge in [-0.3, -0.25) is 10.1 Å². The van der Waals surface area contributed by atoms with Crippen molar-refractivity contribution in [3.05, 3.63) is 40.9 Å². The summed E-state index contributed by atoms with van der Waals surface area (Å²) in [6.07, 6.45) is 2.57. The number of carboxylic acid groups (broad SMARTS) is 1. The van der Waals surface area contributed by atoms with Gasteiger partial charge in [0.05, 0.1) is 5.69 Å². The fourth-order valence-corrected chi connectivity index (χ4v) is 2.99. The molecule has 1 aromatic carbocycles. The molecular weight excluding hydrogens is 296 g/mol. The van der Waals surface area contributed by atoms with Crippen molar-refractivity contribution in [2.45, 2.75) is 45.7 Å². The van der Waals surface area contributed by atoms with Crippen molar-refractivity contribution in [3.8, 4) is 10.6 Å². The molecule has 0 aliphatic heterocycles. The SMILES string of the molecule is CCCCC(NCc1csc(-c2ccc(C)cc2)n1)C(=O)O. The molecule has 2 rings (SSSR count). The van der Waals surface area contributed by atoms with E-state index in [1.165, 1.54) is 5.56 Å². The zero-order chi connectivity index (χ0) is 15.9. The Kier molecular flexibility index (Phi) is 6.10. The second-order valence-corrected chi connectivity index (χ2v) is 6.28. The van der Waals surface area contributed by atoms with Crippen LogP contribution in [0.15, 0.2) is 29.6 Å². The summed E-state index contributed by atoms with van der Waals surface area (Å²) in [5.74, 6) is -0.789. The van der Waals surface area contributed by atoms with Crippen LogP contribution >= 0.6 is 11.3 Å². The second kappa shape index (κ2) is 8.06. The number of benzene rings is 1. The lowest BCUT2D eigenvalue weighted by Gasteiger charge is -2.12. The lowest BCUT2D eigenvalue weighted by molar-refractivity contribution is -0.139. The Morgan fingerprint density at radius 1 is 1.36 bits per heavy atom. The predicted molar refractivity (Wildman–Crippen MR) is 90.1 cm³/mol. The lowest BCUT2D eigenvalue weighted by atomic mass is 10.1. The van der Waals surface area contributed by atoms with Crippen LogP contribution < -0.4 is 5.32 Å². The summed E-state index contributed by atoms with van der Waals surface area (Å²) >= 11 is 1.59. The molecule has 118 valence electrons. The van der Waals surface area contributed by atoms with Gasteiger partial charge in [-0.1, -0.05) is 49.6 Å². The first-order valence-corrected chi connectivity index (χ1v) is 8.45. The zero-order valence-electron chi connectivity index (χ0n) is 13.0. The molecule has 0 bridgehead atoms. The first-order valence-electron chi connectivity index (χ1n) is 7.57. The number of hydrogen-bond acceptors (Lipinski definition) is 4. The number of thiazole rings is 1. The number of carbonyl (C=O) groups is 1. The molecular formula is C17H22N2O2S. The first kappa shape index (κ1) is 16.6. The van der Waals surface area contributed by atoms with Gasteiger partial charge >= 0.3 is 5.97 Å². The monoisotopic (exact) mass is 318 g/mol. The minimum Gasteiger partial charge on any atom is -0.480 e. The maximum Gasteiger partial charge on any atom is 0.320 e. The molecule has 0 spiro atoms. The molecule has 0 aliphatic carbocycles. The van der Waals surface area contributed by atoms with Crippen molar-refractivity contribution in [1.82, 2.24) is 10.3 Å². The van der Waals surface area contributed by atoms with Gasteiger partial charge in [0.15, 0.2) is 0 Å². The largest absolute Gasteiger partial charge is 0.480 e. The van der Waals surface area contributed by atoms with Crippen molar-refractivity contribution in [2.24, 2.45) is 0 Å². The van der Waals surface area contributed by atoms with Crippen molar-refractivity contribution >= 4 is 17.3 Å². The van der Waals surface area contributed by atoms with E-state index >= 15 is 0 Å². The Balaban J connectivity index is 1.96. The van der Waals surface area contributed by atoms with E-state index in [9.17, 15) is 9.90 Å². The van der Waals surface area contributed by atoms with Gasteiger partial charge in [0, 0.05) is 17.5 Å². The van der Waals surface area contributed by atoms with Crippen LogP contribution in [0, 0.1) is 6.92 Å². The van der Waals surface area contributed by atoms with E-state index in [1.54, 1.807) is 11.3 Å². The molecule has 1 heterocycles. The van der Waals surface area contributed by atoms with Crippen molar-refractivity contribution in [2.75, 3.05) is 0 Å². The molecule has 1 aromatic heterocycles. The number of unbranched alkanes of at least 4 members (excludes halogenated alkanes) is 1. The highest BCUT2D eigenvalue weighted by atomic mass is 32.1. The smallest absolute Gasteiger partial charge is 0.320 e. The summed E-state index contributed by atoms with van der Waals surface area (Å²) in [7, 11) is 0. The number of rotatable bonds is 8. The van der Waals surface area contributed by atoms with E-state index in [0.717, 1.165) is 29.1 Å². The molecule has 2 N–H and O–H groups in total. The number of nitrogens with one attached hydrogen (secondary N) is 1. The minimum absolute atomic E-state index is 0.489. The van der Waals surface area contributed by atoms with E-state index in [1.807, 2.05) is 5.38 Å². The molecule has 5 heteroatoms. The molecule has 1 unspecified atom stereocenters. The molecule has 0 saturated heterocycles. The number of aryl methyl sites for hydroxylation is 1. The molecule has 22 heavy (non-hydrogen) atoms. The summed E-state index contributed by atoms with van der Waals surface area (Å²) in [6.45, 7) is 4.61. The van der Waals surface area contributed by atoms with Gasteiger partial charge in [-0.2, -0.15) is 0 Å². The number of nitrogens with zero attached hydrogens (tertiary/aromatic N) is 1. The molecule has 0 aliphatic rings. The van der Waals surface area contributed by atoms with Crippen molar-refractivity contribution < 1.29 is 9.90 Å². The molecule has 0 saturated carbocycles. The van der Waals surface area contributed by atoms with Gasteiger partial charge in [0.1, 0.15) is 11.0 Å². The number of aliphatic carboxylic acids is 1. The average molecular weight is 318 g/mol. The Morgan fingerprint density at radius 2 is 2.09 bits per heavy atom. The van der Waals surface area contributed by atoms with Gasteiger partial charge in [-0.15, -0.1) is 11.3 Å². The third kappa shape index (κ3) is 4.64. The Morgan fingerprint density at radius 3 is 2.73 bits per heavy atom. The Labute approximate surface area is 135 Å². The zero-order valence-corrected chi connectivity index (χ0v) is 13.8. The maximum absolute atomic E-state index is 11.2. The quantitative estimate of drug-likeness (QED) is 0.776. The molecule has 4 nitrogen and oxygen atoms in total. The van der Waals surface area contributed by atoms with Gasteiger partial charge in [0.2, 0.25) is 0 Å². The topological polar surface area (TPSA) is 62.2 Å². The van der Waals surface area contributed by atoms with Crippen molar-refractivity contribution in [1.29, 1.82) is 0 Å². The standard InChI is InChI=1S/C17H22N2O2S/c1-3-4-5-15(17(20)21)18-10-14-11-22-16(19-14)13-8-6-12(2)7-9-13/h6-9,11,15,18H,3-5,10H2,1-2H3,(H,20,21). The third-order valence-corrected chi connectivity index (χ3v) is 4.46. The number of aromatic nitrogens is 1. The van der Waals surface area contributed by atoms with E-state index in [0.29, 0.717) is 13.0 Å². The highest BCUT2D eigenvalue weighted by Crippen LogP contribution is 2.24. The van der Waals surface area contributed by atoms with E-state index < -0.39 is 12.0 Å². The summed E-state index contributed by atoms with van der Waals surface area (Å²) in [5.41, 5.74) is 3.22. The number of carboxylic acids is 1. The van der Waals surface area contributed by atoms with Crippen LogP contribution in [-0.4, -0.2) is 22.1 Å². The number of hydrogen-bond donors (Lipinski definition) is 2. The highest BCUT2D eigenvalue weighted by Gasteiger charge is 2.16. The van der Waals surface area contributed by atoms with Gasteiger partial charge in [0.25, 0.3) is 0 Å². The van der Waals surface area contributed by atoms with Gasteiger partial charge in [-0.25, -0.2) is 4.98 Å². The van der Waals surface area contributed by atoms with Gasteiger partial charge in [-0.05, 0) is 13.3 Å². The Hall–Kier alpha value is -1.72. The second-order valence-electron chi connectivity index (χ2n) is 5.42. The molecule has 1 atom stereocenters. The highest BCUT2D eigenvalue weighted by molar-refractivity contribution is 7.13. The summed E-state index contributed by atoms with van der Waals surface area (Å²) in [5, 5.41) is 15.3. The molecule has 0 amide bonds. The van der Waals surface area contributed by atoms with Crippen LogP contribution in [0.4, 0.5) is 0 Å². The Bertz CT molecular complexity index is 607. The summed E-state index contributed by atoms with van der Waals surface area (Å²) in [6, 6.07) is 7.77. The van der Waals surface area contributed by atoms with Crippen LogP contribution in [0.25, 0.3) is 10.6 Å². The first-order chi connectivity index (χ1) is 10.6. The maximum atomic E-state index is 11.2. The van der Waals surface area contributed by atoms with Crippen LogP contribution in [0.3, 0.4) is 0 Å². The minimum atomic E-state index is -0.789. The van der Waals surface area contributed by atoms with E-state index in [4.69, 9.17) is 0 Å². The van der Waals surface area contributed by atoms with Crippen LogP contribution in [0.1, 0.15) is 37.4 Å². The van der Waals surface area contributed by atoms with Crippen molar-refractivity contribution in [3.63, 3.8) is 0 Å². The third-order valence-electron chi connectivity index (χ3n) is 3.52. The summed E-state index contributed by atoms with van der Waals surface area (Å²) < 4.78 is 0. The normalized spacial score (nSPS) is 12.3. The molecule has 2 aromatic rings. The summed E-state index contributed by atoms with van der Waals surface area (Å²) in [4.78, 5) is 15.8. The van der Waals surface area contributed by atoms with E-state index in [-0.39, 0.29) is 0 Å². The fraction of sp³-hybridized carbons (Fsp3) is 0.412. The van der Waals surface area contributed by atoms with E-state index in [2.05, 4.69) is 48.4 Å². The molecule has 0 radical (unpaired) electrons.